The summed E-state index contributed by atoms with van der Waals surface area (Å²) in [6, 6.07) is 16.3. The molecule has 230 valence electrons. The molecule has 11 heteroatoms. The van der Waals surface area contributed by atoms with Gasteiger partial charge in [0.2, 0.25) is 5.91 Å². The first-order valence-corrected chi connectivity index (χ1v) is 15.4. The van der Waals surface area contributed by atoms with Crippen LogP contribution in [0.3, 0.4) is 0 Å². The van der Waals surface area contributed by atoms with Crippen LogP contribution in [0.15, 0.2) is 59.4 Å². The maximum absolute atomic E-state index is 13.4. The summed E-state index contributed by atoms with van der Waals surface area (Å²) in [5, 5.41) is 6.08. The van der Waals surface area contributed by atoms with Gasteiger partial charge in [0, 0.05) is 80.7 Å². The Morgan fingerprint density at radius 1 is 0.864 bits per heavy atom. The molecule has 0 saturated carbocycles. The van der Waals surface area contributed by atoms with Gasteiger partial charge in [0.25, 0.3) is 11.5 Å². The van der Waals surface area contributed by atoms with Crippen LogP contribution in [0.2, 0.25) is 0 Å². The van der Waals surface area contributed by atoms with Gasteiger partial charge in [0.05, 0.1) is 24.6 Å². The number of carbonyl (C=O) groups is 2. The summed E-state index contributed by atoms with van der Waals surface area (Å²) in [6.07, 6.45) is 1.37. The van der Waals surface area contributed by atoms with Gasteiger partial charge in [0.15, 0.2) is 11.5 Å². The first kappa shape index (κ1) is 28.4. The molecule has 5 heterocycles. The third kappa shape index (κ3) is 6.02. The average Bonchev–Trinajstić information content (AvgIpc) is 3.04. The number of ether oxygens (including phenoxy) is 3. The van der Waals surface area contributed by atoms with Gasteiger partial charge in [0.1, 0.15) is 13.2 Å². The highest BCUT2D eigenvalue weighted by molar-refractivity contribution is 6.06. The number of piperidine rings is 1. The molecular weight excluding hydrogens is 562 g/mol. The normalized spacial score (nSPS) is 20.9. The lowest BCUT2D eigenvalue weighted by molar-refractivity contribution is -0.116. The summed E-state index contributed by atoms with van der Waals surface area (Å²) in [7, 11) is 0. The van der Waals surface area contributed by atoms with E-state index in [-0.39, 0.29) is 23.3 Å². The second-order valence-corrected chi connectivity index (χ2v) is 11.9. The molecule has 0 radical (unpaired) electrons. The van der Waals surface area contributed by atoms with Crippen LogP contribution in [-0.4, -0.2) is 80.4 Å². The molecule has 2 bridgehead atoms. The van der Waals surface area contributed by atoms with E-state index in [9.17, 15) is 14.4 Å². The second kappa shape index (κ2) is 12.3. The summed E-state index contributed by atoms with van der Waals surface area (Å²) in [6.45, 7) is 6.75. The van der Waals surface area contributed by atoms with Gasteiger partial charge < -0.3 is 34.3 Å². The van der Waals surface area contributed by atoms with Crippen LogP contribution >= 0.6 is 0 Å². The zero-order valence-electron chi connectivity index (χ0n) is 24.6. The number of nitrogens with one attached hydrogen (secondary N) is 2. The van der Waals surface area contributed by atoms with Crippen molar-refractivity contribution in [1.82, 2.24) is 9.47 Å². The van der Waals surface area contributed by atoms with Crippen molar-refractivity contribution < 1.29 is 23.8 Å². The fraction of sp³-hybridized carbons (Fsp3) is 0.424. The van der Waals surface area contributed by atoms with E-state index in [0.29, 0.717) is 80.3 Å². The molecule has 44 heavy (non-hydrogen) atoms. The Morgan fingerprint density at radius 2 is 1.70 bits per heavy atom. The smallest absolute Gasteiger partial charge is 0.255 e. The summed E-state index contributed by atoms with van der Waals surface area (Å²) < 4.78 is 18.6. The molecule has 3 aromatic rings. The second-order valence-electron chi connectivity index (χ2n) is 11.9. The first-order chi connectivity index (χ1) is 21.5. The van der Waals surface area contributed by atoms with E-state index < -0.39 is 0 Å². The molecule has 2 saturated heterocycles. The summed E-state index contributed by atoms with van der Waals surface area (Å²) in [5.74, 6) is 1.37. The lowest BCUT2D eigenvalue weighted by atomic mass is 9.83. The highest BCUT2D eigenvalue weighted by Crippen LogP contribution is 2.39. The minimum absolute atomic E-state index is 0.0484. The SMILES string of the molecule is O=C(CCN1CCOCC1)Nc1cc(C(=O)Nc2ccc3c(c2)OCCO3)ccc1N1CC2CC(C1)c1cccc(=O)n1C2. The Bertz CT molecular complexity index is 1620. The van der Waals surface area contributed by atoms with Crippen molar-refractivity contribution >= 4 is 28.9 Å². The van der Waals surface area contributed by atoms with Gasteiger partial charge in [-0.25, -0.2) is 0 Å². The van der Waals surface area contributed by atoms with E-state index in [0.717, 1.165) is 44.0 Å². The highest BCUT2D eigenvalue weighted by Gasteiger charge is 2.35. The van der Waals surface area contributed by atoms with E-state index >= 15 is 0 Å². The van der Waals surface area contributed by atoms with Gasteiger partial charge in [-0.1, -0.05) is 6.07 Å². The van der Waals surface area contributed by atoms with Crippen LogP contribution in [0.5, 0.6) is 11.5 Å². The number of hydrogen-bond acceptors (Lipinski definition) is 8. The van der Waals surface area contributed by atoms with Crippen LogP contribution in [-0.2, 0) is 16.1 Å². The van der Waals surface area contributed by atoms with Crippen LogP contribution in [0.4, 0.5) is 17.1 Å². The Labute approximate surface area is 255 Å². The number of nitrogens with zero attached hydrogens (tertiary/aromatic N) is 3. The Morgan fingerprint density at radius 3 is 2.57 bits per heavy atom. The number of morpholine rings is 1. The molecule has 4 aliphatic heterocycles. The fourth-order valence-electron chi connectivity index (χ4n) is 6.77. The number of fused-ring (bicyclic) bond motifs is 5. The quantitative estimate of drug-likeness (QED) is 0.426. The molecule has 0 spiro atoms. The minimum Gasteiger partial charge on any atom is -0.486 e. The molecule has 2 atom stereocenters. The number of pyridine rings is 1. The largest absolute Gasteiger partial charge is 0.486 e. The number of benzene rings is 2. The molecule has 2 aromatic carbocycles. The highest BCUT2D eigenvalue weighted by atomic mass is 16.6. The molecular formula is C33H37N5O6. The van der Waals surface area contributed by atoms with Crippen molar-refractivity contribution in [3.8, 4) is 11.5 Å². The van der Waals surface area contributed by atoms with Crippen molar-refractivity contribution in [2.45, 2.75) is 25.3 Å². The van der Waals surface area contributed by atoms with Gasteiger partial charge in [-0.15, -0.1) is 0 Å². The zero-order valence-corrected chi connectivity index (χ0v) is 24.6. The van der Waals surface area contributed by atoms with Crippen LogP contribution in [0, 0.1) is 5.92 Å². The first-order valence-electron chi connectivity index (χ1n) is 15.4. The van der Waals surface area contributed by atoms with E-state index in [1.807, 2.05) is 22.8 Å². The molecule has 2 amide bonds. The Hall–Kier alpha value is -4.35. The molecule has 1 aromatic heterocycles. The third-order valence-electron chi connectivity index (χ3n) is 8.91. The van der Waals surface area contributed by atoms with Crippen molar-refractivity contribution in [1.29, 1.82) is 0 Å². The molecule has 11 nitrogen and oxygen atoms in total. The van der Waals surface area contributed by atoms with E-state index in [2.05, 4.69) is 20.4 Å². The molecule has 2 fully saturated rings. The van der Waals surface area contributed by atoms with E-state index in [1.54, 1.807) is 36.4 Å². The Balaban J connectivity index is 1.13. The van der Waals surface area contributed by atoms with Gasteiger partial charge in [-0.2, -0.15) is 0 Å². The molecule has 2 unspecified atom stereocenters. The topological polar surface area (TPSA) is 114 Å². The number of hydrogen-bond donors (Lipinski definition) is 2. The molecule has 7 rings (SSSR count). The lowest BCUT2D eigenvalue weighted by Gasteiger charge is -2.44. The fourth-order valence-corrected chi connectivity index (χ4v) is 6.77. The van der Waals surface area contributed by atoms with E-state index in [1.165, 1.54) is 0 Å². The predicted molar refractivity (Wildman–Crippen MR) is 166 cm³/mol. The van der Waals surface area contributed by atoms with Crippen molar-refractivity contribution in [2.75, 3.05) is 74.7 Å². The standard InChI is InChI=1S/C33H37N5O6/c39-31(8-9-36-10-12-42-13-11-36)35-26-17-23(33(41)34-25-5-7-29-30(18-25)44-15-14-43-29)4-6-28(26)37-19-22-16-24(21-37)27-2-1-3-32(40)38(27)20-22/h1-7,17-18,22,24H,8-16,19-21H2,(H,34,41)(H,35,39). The van der Waals surface area contributed by atoms with E-state index in [4.69, 9.17) is 14.2 Å². The lowest BCUT2D eigenvalue weighted by Crippen LogP contribution is -2.47. The van der Waals surface area contributed by atoms with Crippen LogP contribution < -0.4 is 30.6 Å². The maximum Gasteiger partial charge on any atom is 0.255 e. The summed E-state index contributed by atoms with van der Waals surface area (Å²) in [4.78, 5) is 43.7. The number of amides is 2. The zero-order chi connectivity index (χ0) is 30.0. The molecule has 2 N–H and O–H groups in total. The maximum atomic E-state index is 13.4. The number of aromatic nitrogens is 1. The van der Waals surface area contributed by atoms with Gasteiger partial charge in [-0.05, 0) is 48.7 Å². The summed E-state index contributed by atoms with van der Waals surface area (Å²) >= 11 is 0. The number of carbonyl (C=O) groups excluding carboxylic acids is 2. The Kier molecular flexibility index (Phi) is 7.97. The average molecular weight is 600 g/mol. The van der Waals surface area contributed by atoms with Gasteiger partial charge >= 0.3 is 0 Å². The van der Waals surface area contributed by atoms with Crippen LogP contribution in [0.1, 0.15) is 34.8 Å². The molecule has 0 aliphatic carbocycles. The van der Waals surface area contributed by atoms with Crippen molar-refractivity contribution in [3.05, 3.63) is 76.2 Å². The minimum atomic E-state index is -0.291. The molecule has 4 aliphatic rings. The van der Waals surface area contributed by atoms with Crippen LogP contribution in [0.25, 0.3) is 0 Å². The number of rotatable bonds is 7. The van der Waals surface area contributed by atoms with Gasteiger partial charge in [-0.3, -0.25) is 19.3 Å². The van der Waals surface area contributed by atoms with Crippen molar-refractivity contribution in [2.24, 2.45) is 5.92 Å². The predicted octanol–water partition coefficient (Wildman–Crippen LogP) is 3.16. The summed E-state index contributed by atoms with van der Waals surface area (Å²) in [5.41, 5.74) is 3.62. The third-order valence-corrected chi connectivity index (χ3v) is 8.91. The monoisotopic (exact) mass is 599 g/mol. The number of anilines is 3. The van der Waals surface area contributed by atoms with Crippen molar-refractivity contribution in [3.63, 3.8) is 0 Å².